The van der Waals surface area contributed by atoms with E-state index in [1.54, 1.807) is 0 Å². The summed E-state index contributed by atoms with van der Waals surface area (Å²) in [4.78, 5) is 14.4. The van der Waals surface area contributed by atoms with Crippen LogP contribution in [0.2, 0.25) is 0 Å². The zero-order valence-corrected chi connectivity index (χ0v) is 14.9. The maximum Gasteiger partial charge on any atom is 0.323 e. The van der Waals surface area contributed by atoms with Crippen LogP contribution in [0.25, 0.3) is 0 Å². The summed E-state index contributed by atoms with van der Waals surface area (Å²) >= 11 is 3.38. The second-order valence-electron chi connectivity index (χ2n) is 5.67. The van der Waals surface area contributed by atoms with Gasteiger partial charge in [-0.05, 0) is 35.9 Å². The van der Waals surface area contributed by atoms with Crippen molar-refractivity contribution in [1.29, 1.82) is 0 Å². The van der Waals surface area contributed by atoms with Gasteiger partial charge in [-0.1, -0.05) is 34.1 Å². The van der Waals surface area contributed by atoms with E-state index in [4.69, 9.17) is 4.74 Å². The monoisotopic (exact) mass is 389 g/mol. The predicted molar refractivity (Wildman–Crippen MR) is 99.3 cm³/mol. The first-order chi connectivity index (χ1) is 11.7. The number of ether oxygens (including phenoxy) is 1. The van der Waals surface area contributed by atoms with Gasteiger partial charge in [0.1, 0.15) is 0 Å². The molecule has 126 valence electrons. The first kappa shape index (κ1) is 17.0. The molecule has 0 spiro atoms. The lowest BCUT2D eigenvalue weighted by Gasteiger charge is -2.26. The van der Waals surface area contributed by atoms with Crippen LogP contribution in [0.3, 0.4) is 0 Å². The Morgan fingerprint density at radius 2 is 1.75 bits per heavy atom. The molecule has 2 N–H and O–H groups in total. The van der Waals surface area contributed by atoms with Crippen LogP contribution >= 0.6 is 15.9 Å². The lowest BCUT2D eigenvalue weighted by molar-refractivity contribution is 0.0342. The van der Waals surface area contributed by atoms with Gasteiger partial charge in [0.05, 0.1) is 13.2 Å². The van der Waals surface area contributed by atoms with E-state index < -0.39 is 0 Å². The lowest BCUT2D eigenvalue weighted by atomic mass is 10.2. The Kier molecular flexibility index (Phi) is 5.85. The van der Waals surface area contributed by atoms with Gasteiger partial charge in [-0.15, -0.1) is 0 Å². The van der Waals surface area contributed by atoms with E-state index in [0.29, 0.717) is 0 Å². The molecule has 3 rings (SSSR count). The van der Waals surface area contributed by atoms with Gasteiger partial charge >= 0.3 is 6.03 Å². The molecule has 2 amide bonds. The molecule has 0 aromatic heterocycles. The topological polar surface area (TPSA) is 53.6 Å². The molecule has 1 aliphatic rings. The summed E-state index contributed by atoms with van der Waals surface area (Å²) in [6.45, 7) is 4.45. The number of amides is 2. The quantitative estimate of drug-likeness (QED) is 0.832. The summed E-state index contributed by atoms with van der Waals surface area (Å²) in [5, 5.41) is 5.65. The second-order valence-corrected chi connectivity index (χ2v) is 6.59. The Bertz CT molecular complexity index is 685. The number of hydrogen-bond donors (Lipinski definition) is 2. The maximum absolute atomic E-state index is 12.0. The van der Waals surface area contributed by atoms with Crippen molar-refractivity contribution in [3.8, 4) is 0 Å². The van der Waals surface area contributed by atoms with Crippen LogP contribution in [0, 0.1) is 0 Å². The molecule has 5 nitrogen and oxygen atoms in total. The number of rotatable bonds is 4. The third kappa shape index (κ3) is 5.06. The summed E-state index contributed by atoms with van der Waals surface area (Å²) in [6.07, 6.45) is 0. The van der Waals surface area contributed by atoms with Crippen LogP contribution in [-0.2, 0) is 11.3 Å². The summed E-state index contributed by atoms with van der Waals surface area (Å²) in [6, 6.07) is 15.2. The number of nitrogens with one attached hydrogen (secondary N) is 2. The van der Waals surface area contributed by atoms with Crippen molar-refractivity contribution in [2.75, 3.05) is 36.9 Å². The smallest absolute Gasteiger partial charge is 0.323 e. The largest absolute Gasteiger partial charge is 0.379 e. The number of halogens is 1. The Balaban J connectivity index is 1.52. The number of nitrogens with zero attached hydrogens (tertiary/aromatic N) is 1. The molecule has 0 saturated carbocycles. The van der Waals surface area contributed by atoms with E-state index in [2.05, 4.69) is 31.5 Å². The van der Waals surface area contributed by atoms with Crippen LogP contribution in [0.5, 0.6) is 0 Å². The van der Waals surface area contributed by atoms with Gasteiger partial charge in [0.2, 0.25) is 0 Å². The zero-order valence-electron chi connectivity index (χ0n) is 13.3. The van der Waals surface area contributed by atoms with Crippen molar-refractivity contribution in [3.63, 3.8) is 0 Å². The molecule has 24 heavy (non-hydrogen) atoms. The van der Waals surface area contributed by atoms with E-state index >= 15 is 0 Å². The Hall–Kier alpha value is -1.89. The van der Waals surface area contributed by atoms with Crippen molar-refractivity contribution in [2.45, 2.75) is 6.54 Å². The molecule has 2 aromatic rings. The number of urea groups is 1. The molecule has 0 bridgehead atoms. The van der Waals surface area contributed by atoms with E-state index in [9.17, 15) is 4.79 Å². The highest BCUT2D eigenvalue weighted by atomic mass is 79.9. The molecule has 0 unspecified atom stereocenters. The van der Waals surface area contributed by atoms with Crippen LogP contribution < -0.4 is 10.6 Å². The van der Waals surface area contributed by atoms with Crippen molar-refractivity contribution in [3.05, 3.63) is 58.6 Å². The number of carbonyl (C=O) groups is 1. The summed E-state index contributed by atoms with van der Waals surface area (Å²) in [5.41, 5.74) is 2.74. The molecule has 0 aliphatic carbocycles. The SMILES string of the molecule is O=C(Nc1ccc(CN2CCOCC2)cc1)Nc1cccc(Br)c1. The second kappa shape index (κ2) is 8.28. The molecular formula is C18H20BrN3O2. The molecule has 2 aromatic carbocycles. The van der Waals surface area contributed by atoms with Gasteiger partial charge in [-0.3, -0.25) is 4.90 Å². The fourth-order valence-corrected chi connectivity index (χ4v) is 2.97. The fourth-order valence-electron chi connectivity index (χ4n) is 2.57. The van der Waals surface area contributed by atoms with Crippen molar-refractivity contribution in [2.24, 2.45) is 0 Å². The van der Waals surface area contributed by atoms with Gasteiger partial charge in [0.15, 0.2) is 0 Å². The van der Waals surface area contributed by atoms with Crippen LogP contribution in [0.15, 0.2) is 53.0 Å². The van der Waals surface area contributed by atoms with Crippen LogP contribution in [0.4, 0.5) is 16.2 Å². The van der Waals surface area contributed by atoms with E-state index in [1.165, 1.54) is 5.56 Å². The fraction of sp³-hybridized carbons (Fsp3) is 0.278. The highest BCUT2D eigenvalue weighted by molar-refractivity contribution is 9.10. The number of benzene rings is 2. The molecular weight excluding hydrogens is 370 g/mol. The summed E-state index contributed by atoms with van der Waals surface area (Å²) in [7, 11) is 0. The van der Waals surface area contributed by atoms with Crippen LogP contribution in [-0.4, -0.2) is 37.2 Å². The van der Waals surface area contributed by atoms with E-state index in [1.807, 2.05) is 48.5 Å². The number of carbonyl (C=O) groups excluding carboxylic acids is 1. The maximum atomic E-state index is 12.0. The standard InChI is InChI=1S/C18H20BrN3O2/c19-15-2-1-3-17(12-15)21-18(23)20-16-6-4-14(5-7-16)13-22-8-10-24-11-9-22/h1-7,12H,8-11,13H2,(H2,20,21,23). The van der Waals surface area contributed by atoms with E-state index in [0.717, 1.165) is 48.7 Å². The highest BCUT2D eigenvalue weighted by Gasteiger charge is 2.10. The first-order valence-corrected chi connectivity index (χ1v) is 8.71. The van der Waals surface area contributed by atoms with E-state index in [-0.39, 0.29) is 6.03 Å². The molecule has 1 aliphatic heterocycles. The summed E-state index contributed by atoms with van der Waals surface area (Å²) < 4.78 is 6.28. The molecule has 1 heterocycles. The van der Waals surface area contributed by atoms with Gasteiger partial charge in [0, 0.05) is 35.5 Å². The number of anilines is 2. The summed E-state index contributed by atoms with van der Waals surface area (Å²) in [5.74, 6) is 0. The number of morpholine rings is 1. The average molecular weight is 390 g/mol. The molecule has 6 heteroatoms. The van der Waals surface area contributed by atoms with Gasteiger partial charge in [-0.25, -0.2) is 4.79 Å². The van der Waals surface area contributed by atoms with Crippen molar-refractivity contribution in [1.82, 2.24) is 4.90 Å². The van der Waals surface area contributed by atoms with Gasteiger partial charge in [-0.2, -0.15) is 0 Å². The van der Waals surface area contributed by atoms with Crippen molar-refractivity contribution >= 4 is 33.3 Å². The molecule has 1 saturated heterocycles. The third-order valence-corrected chi connectivity index (χ3v) is 4.30. The molecule has 0 atom stereocenters. The highest BCUT2D eigenvalue weighted by Crippen LogP contribution is 2.17. The van der Waals surface area contributed by atoms with Crippen molar-refractivity contribution < 1.29 is 9.53 Å². The lowest BCUT2D eigenvalue weighted by Crippen LogP contribution is -2.35. The minimum absolute atomic E-state index is 0.256. The number of hydrogen-bond acceptors (Lipinski definition) is 3. The first-order valence-electron chi connectivity index (χ1n) is 7.92. The Labute approximate surface area is 150 Å². The Morgan fingerprint density at radius 3 is 2.46 bits per heavy atom. The van der Waals surface area contributed by atoms with Gasteiger partial charge in [0.25, 0.3) is 0 Å². The minimum Gasteiger partial charge on any atom is -0.379 e. The predicted octanol–water partition coefficient (Wildman–Crippen LogP) is 3.93. The minimum atomic E-state index is -0.256. The Morgan fingerprint density at radius 1 is 1.04 bits per heavy atom. The van der Waals surface area contributed by atoms with Crippen LogP contribution in [0.1, 0.15) is 5.56 Å². The van der Waals surface area contributed by atoms with Gasteiger partial charge < -0.3 is 15.4 Å². The zero-order chi connectivity index (χ0) is 16.8. The normalized spacial score (nSPS) is 15.0. The molecule has 0 radical (unpaired) electrons. The molecule has 1 fully saturated rings. The third-order valence-electron chi connectivity index (χ3n) is 3.80. The average Bonchev–Trinajstić information content (AvgIpc) is 2.57.